The zero-order valence-electron chi connectivity index (χ0n) is 10.1. The lowest BCUT2D eigenvalue weighted by Crippen LogP contribution is -2.43. The lowest BCUT2D eigenvalue weighted by molar-refractivity contribution is 0.378. The summed E-state index contributed by atoms with van der Waals surface area (Å²) in [7, 11) is 0. The topological polar surface area (TPSA) is 47.9 Å². The van der Waals surface area contributed by atoms with Crippen LogP contribution in [0.15, 0.2) is 18.2 Å². The van der Waals surface area contributed by atoms with Crippen molar-refractivity contribution in [2.24, 2.45) is 0 Å². The van der Waals surface area contributed by atoms with Crippen molar-refractivity contribution in [1.82, 2.24) is 5.32 Å². The minimum absolute atomic E-state index is 0.359. The van der Waals surface area contributed by atoms with Gasteiger partial charge in [0.15, 0.2) is 0 Å². The normalized spacial score (nSPS) is 29.9. The fraction of sp³-hybridized carbons (Fsp3) is 0.500. The molecule has 2 aliphatic heterocycles. The van der Waals surface area contributed by atoms with Gasteiger partial charge in [-0.15, -0.1) is 0 Å². The van der Waals surface area contributed by atoms with E-state index in [2.05, 4.69) is 10.6 Å². The molecule has 2 saturated heterocycles. The number of anilines is 1. The Hall–Kier alpha value is -1.60. The second-order valence-electron chi connectivity index (χ2n) is 5.25. The molecule has 2 atom stereocenters. The molecule has 2 bridgehead atoms. The fourth-order valence-corrected chi connectivity index (χ4v) is 3.13. The Morgan fingerprint density at radius 1 is 1.28 bits per heavy atom. The first-order valence-electron chi connectivity index (χ1n) is 6.47. The zero-order chi connectivity index (χ0) is 12.5. The van der Waals surface area contributed by atoms with E-state index in [1.54, 1.807) is 6.07 Å². The molecule has 0 saturated carbocycles. The van der Waals surface area contributed by atoms with E-state index < -0.39 is 0 Å². The molecular formula is C14H16FN3. The lowest BCUT2D eigenvalue weighted by atomic mass is 9.99. The number of piperidine rings is 1. The Kier molecular flexibility index (Phi) is 2.92. The molecule has 0 spiro atoms. The van der Waals surface area contributed by atoms with E-state index in [0.29, 0.717) is 23.7 Å². The summed E-state index contributed by atoms with van der Waals surface area (Å²) in [6.07, 6.45) is 4.66. The first-order valence-corrected chi connectivity index (χ1v) is 6.47. The van der Waals surface area contributed by atoms with Crippen LogP contribution in [0.2, 0.25) is 0 Å². The number of benzene rings is 1. The smallest absolute Gasteiger partial charge is 0.124 e. The van der Waals surface area contributed by atoms with Gasteiger partial charge in [0.25, 0.3) is 0 Å². The van der Waals surface area contributed by atoms with Gasteiger partial charge in [0.1, 0.15) is 11.9 Å². The Morgan fingerprint density at radius 2 is 2.00 bits per heavy atom. The summed E-state index contributed by atoms with van der Waals surface area (Å²) in [6.45, 7) is 0. The van der Waals surface area contributed by atoms with Gasteiger partial charge in [-0.3, -0.25) is 0 Å². The first kappa shape index (κ1) is 11.5. The van der Waals surface area contributed by atoms with E-state index in [-0.39, 0.29) is 5.82 Å². The van der Waals surface area contributed by atoms with Crippen LogP contribution in [0.4, 0.5) is 10.1 Å². The van der Waals surface area contributed by atoms with E-state index in [1.807, 2.05) is 6.07 Å². The molecule has 0 aliphatic carbocycles. The van der Waals surface area contributed by atoms with Gasteiger partial charge in [0.05, 0.1) is 11.3 Å². The van der Waals surface area contributed by atoms with Gasteiger partial charge in [-0.25, -0.2) is 4.39 Å². The molecule has 2 aliphatic rings. The number of nitrogens with zero attached hydrogens (tertiary/aromatic N) is 1. The number of hydrogen-bond donors (Lipinski definition) is 2. The molecule has 3 nitrogen and oxygen atoms in total. The highest BCUT2D eigenvalue weighted by atomic mass is 19.1. The van der Waals surface area contributed by atoms with Gasteiger partial charge >= 0.3 is 0 Å². The minimum atomic E-state index is -0.359. The summed E-state index contributed by atoms with van der Waals surface area (Å²) in [5.74, 6) is -0.359. The molecule has 3 rings (SSSR count). The van der Waals surface area contributed by atoms with Gasteiger partial charge in [0.2, 0.25) is 0 Å². The van der Waals surface area contributed by atoms with Gasteiger partial charge in [-0.05, 0) is 43.9 Å². The highest BCUT2D eigenvalue weighted by Crippen LogP contribution is 2.29. The minimum Gasteiger partial charge on any atom is -0.381 e. The van der Waals surface area contributed by atoms with Crippen molar-refractivity contribution in [3.63, 3.8) is 0 Å². The Morgan fingerprint density at radius 3 is 2.67 bits per heavy atom. The number of hydrogen-bond acceptors (Lipinski definition) is 3. The van der Waals surface area contributed by atoms with Crippen molar-refractivity contribution in [2.45, 2.75) is 43.8 Å². The van der Waals surface area contributed by atoms with E-state index in [9.17, 15) is 4.39 Å². The molecule has 2 heterocycles. The highest BCUT2D eigenvalue weighted by molar-refractivity contribution is 5.58. The van der Waals surface area contributed by atoms with Crippen LogP contribution in [-0.4, -0.2) is 18.1 Å². The predicted octanol–water partition coefficient (Wildman–Crippen LogP) is 2.39. The molecule has 1 aromatic carbocycles. The Balaban J connectivity index is 1.75. The van der Waals surface area contributed by atoms with Gasteiger partial charge < -0.3 is 10.6 Å². The molecule has 2 fully saturated rings. The van der Waals surface area contributed by atoms with Crippen molar-refractivity contribution < 1.29 is 4.39 Å². The Bertz CT molecular complexity index is 482. The fourth-order valence-electron chi connectivity index (χ4n) is 3.13. The van der Waals surface area contributed by atoms with Gasteiger partial charge in [0, 0.05) is 18.1 Å². The number of halogens is 1. The molecule has 2 unspecified atom stereocenters. The van der Waals surface area contributed by atoms with E-state index >= 15 is 0 Å². The van der Waals surface area contributed by atoms with E-state index in [4.69, 9.17) is 5.26 Å². The van der Waals surface area contributed by atoms with Crippen LogP contribution in [0.5, 0.6) is 0 Å². The van der Waals surface area contributed by atoms with Crippen LogP contribution in [0.3, 0.4) is 0 Å². The summed E-state index contributed by atoms with van der Waals surface area (Å²) in [6, 6.07) is 8.00. The molecule has 2 N–H and O–H groups in total. The molecule has 4 heteroatoms. The molecule has 18 heavy (non-hydrogen) atoms. The van der Waals surface area contributed by atoms with Gasteiger partial charge in [-0.2, -0.15) is 5.26 Å². The van der Waals surface area contributed by atoms with Crippen molar-refractivity contribution in [3.8, 4) is 6.07 Å². The average Bonchev–Trinajstić information content (AvgIpc) is 2.71. The summed E-state index contributed by atoms with van der Waals surface area (Å²) >= 11 is 0. The summed E-state index contributed by atoms with van der Waals surface area (Å²) in [5, 5.41) is 16.0. The Labute approximate surface area is 106 Å². The summed E-state index contributed by atoms with van der Waals surface area (Å²) in [4.78, 5) is 0. The average molecular weight is 245 g/mol. The maximum atomic E-state index is 13.1. The monoisotopic (exact) mass is 245 g/mol. The van der Waals surface area contributed by atoms with Crippen molar-refractivity contribution >= 4 is 5.69 Å². The summed E-state index contributed by atoms with van der Waals surface area (Å²) < 4.78 is 13.1. The van der Waals surface area contributed by atoms with Crippen LogP contribution >= 0.6 is 0 Å². The van der Waals surface area contributed by atoms with Crippen molar-refractivity contribution in [3.05, 3.63) is 29.6 Å². The third-order valence-corrected chi connectivity index (χ3v) is 3.93. The van der Waals surface area contributed by atoms with Crippen molar-refractivity contribution in [2.75, 3.05) is 5.32 Å². The second-order valence-corrected chi connectivity index (χ2v) is 5.25. The SMILES string of the molecule is N#Cc1cc(F)ccc1NC1CC2CCC(C1)N2. The first-order chi connectivity index (χ1) is 8.74. The maximum absolute atomic E-state index is 13.1. The van der Waals surface area contributed by atoms with Crippen LogP contribution in [0.25, 0.3) is 0 Å². The third kappa shape index (κ3) is 2.19. The zero-order valence-corrected chi connectivity index (χ0v) is 10.1. The van der Waals surface area contributed by atoms with Crippen LogP contribution in [0.1, 0.15) is 31.2 Å². The highest BCUT2D eigenvalue weighted by Gasteiger charge is 2.33. The number of rotatable bonds is 2. The van der Waals surface area contributed by atoms with Crippen molar-refractivity contribution in [1.29, 1.82) is 5.26 Å². The van der Waals surface area contributed by atoms with E-state index in [1.165, 1.54) is 25.0 Å². The molecule has 0 radical (unpaired) electrons. The van der Waals surface area contributed by atoms with Gasteiger partial charge in [-0.1, -0.05) is 0 Å². The van der Waals surface area contributed by atoms with Crippen LogP contribution < -0.4 is 10.6 Å². The predicted molar refractivity (Wildman–Crippen MR) is 67.7 cm³/mol. The molecule has 0 aromatic heterocycles. The molecule has 94 valence electrons. The number of nitrogens with one attached hydrogen (secondary N) is 2. The number of fused-ring (bicyclic) bond motifs is 2. The molecule has 0 amide bonds. The number of nitriles is 1. The lowest BCUT2D eigenvalue weighted by Gasteiger charge is -2.30. The maximum Gasteiger partial charge on any atom is 0.124 e. The second kappa shape index (κ2) is 4.58. The van der Waals surface area contributed by atoms with Crippen LogP contribution in [-0.2, 0) is 0 Å². The summed E-state index contributed by atoms with van der Waals surface area (Å²) in [5.41, 5.74) is 1.14. The quantitative estimate of drug-likeness (QED) is 0.841. The largest absolute Gasteiger partial charge is 0.381 e. The molecule has 1 aromatic rings. The third-order valence-electron chi connectivity index (χ3n) is 3.93. The van der Waals surface area contributed by atoms with Crippen LogP contribution in [0, 0.1) is 17.1 Å². The standard InChI is InChI=1S/C14H16FN3/c15-10-1-4-14(9(5-10)8-16)18-13-6-11-2-3-12(7-13)17-11/h1,4-5,11-13,17-18H,2-3,6-7H2. The molecular weight excluding hydrogens is 229 g/mol. The van der Waals surface area contributed by atoms with E-state index in [0.717, 1.165) is 18.5 Å².